The van der Waals surface area contributed by atoms with Crippen LogP contribution in [-0.2, 0) is 13.0 Å². The molecule has 3 heterocycles. The van der Waals surface area contributed by atoms with E-state index in [0.29, 0.717) is 13.1 Å². The van der Waals surface area contributed by atoms with Crippen LogP contribution < -0.4 is 9.16 Å². The Bertz CT molecular complexity index is 1260. The molecule has 0 aliphatic carbocycles. The first-order valence-corrected chi connectivity index (χ1v) is 15.5. The fourth-order valence-corrected chi connectivity index (χ4v) is 5.37. The van der Waals surface area contributed by atoms with E-state index in [2.05, 4.69) is 54.5 Å². The minimum absolute atomic E-state index is 0.0117. The summed E-state index contributed by atoms with van der Waals surface area (Å²) in [4.78, 5) is 24.7. The number of methoxy groups -OCH3 is 1. The van der Waals surface area contributed by atoms with Crippen LogP contribution in [0.2, 0.25) is 18.1 Å². The van der Waals surface area contributed by atoms with Gasteiger partial charge >= 0.3 is 0 Å². The maximum Gasteiger partial charge on any atom is 0.254 e. The lowest BCUT2D eigenvalue weighted by molar-refractivity contribution is 0.0667. The van der Waals surface area contributed by atoms with Crippen LogP contribution in [0.15, 0.2) is 42.9 Å². The minimum atomic E-state index is -2.11. The second-order valence-electron chi connectivity index (χ2n) is 11.1. The molecule has 8 heteroatoms. The number of carbonyl (C=O) groups is 1. The fourth-order valence-electron chi connectivity index (χ4n) is 4.33. The number of rotatable bonds is 7. The van der Waals surface area contributed by atoms with Crippen molar-refractivity contribution in [2.45, 2.75) is 71.8 Å². The molecular formula is C28H38N4O3Si. The molecule has 2 aromatic heterocycles. The van der Waals surface area contributed by atoms with Crippen LogP contribution in [0.4, 0.5) is 0 Å². The van der Waals surface area contributed by atoms with Gasteiger partial charge in [-0.25, -0.2) is 4.98 Å². The molecular weight excluding hydrogens is 468 g/mol. The topological polar surface area (TPSA) is 69.5 Å². The van der Waals surface area contributed by atoms with Crippen molar-refractivity contribution < 1.29 is 14.0 Å². The lowest BCUT2D eigenvalue weighted by Crippen LogP contribution is -2.45. The van der Waals surface area contributed by atoms with Gasteiger partial charge in [0.25, 0.3) is 5.91 Å². The third-order valence-electron chi connectivity index (χ3n) is 7.69. The number of ether oxygens (including phenoxy) is 1. The van der Waals surface area contributed by atoms with Gasteiger partial charge in [0, 0.05) is 48.9 Å². The number of benzene rings is 1. The lowest BCUT2D eigenvalue weighted by atomic mass is 9.94. The third-order valence-corrected chi connectivity index (χ3v) is 12.0. The molecule has 1 aliphatic rings. The first-order valence-electron chi connectivity index (χ1n) is 12.5. The average Bonchev–Trinajstić information content (AvgIpc) is 3.22. The summed E-state index contributed by atoms with van der Waals surface area (Å²) in [6.07, 6.45) is 6.23. The molecule has 192 valence electrons. The van der Waals surface area contributed by atoms with Gasteiger partial charge in [-0.3, -0.25) is 9.78 Å². The van der Waals surface area contributed by atoms with Gasteiger partial charge in [0.05, 0.1) is 18.8 Å². The number of pyridine rings is 1. The third kappa shape index (κ3) is 5.05. The van der Waals surface area contributed by atoms with Crippen LogP contribution in [0.1, 0.15) is 66.7 Å². The molecule has 1 aromatic carbocycles. The molecule has 7 nitrogen and oxygen atoms in total. The van der Waals surface area contributed by atoms with Crippen molar-refractivity contribution in [2.24, 2.45) is 0 Å². The molecule has 3 aromatic rings. The van der Waals surface area contributed by atoms with E-state index in [1.807, 2.05) is 43.1 Å². The second kappa shape index (κ2) is 9.73. The average molecular weight is 507 g/mol. The molecule has 36 heavy (non-hydrogen) atoms. The Kier molecular flexibility index (Phi) is 7.01. The summed E-state index contributed by atoms with van der Waals surface area (Å²) in [6, 6.07) is 7.71. The summed E-state index contributed by atoms with van der Waals surface area (Å²) in [5, 5.41) is 0.0497. The fraction of sp³-hybridized carbons (Fsp3) is 0.464. The quantitative estimate of drug-likeness (QED) is 0.380. The number of aryl methyl sites for hydroxylation is 1. The van der Waals surface area contributed by atoms with Gasteiger partial charge in [-0.2, -0.15) is 0 Å². The number of carbonyl (C=O) groups excluding carboxylic acids is 1. The number of hydrogen-bond donors (Lipinski definition) is 0. The summed E-state index contributed by atoms with van der Waals surface area (Å²) in [6.45, 7) is 16.5. The van der Waals surface area contributed by atoms with Crippen molar-refractivity contribution >= 4 is 14.2 Å². The molecule has 1 atom stereocenters. The number of imidazole rings is 1. The zero-order valence-electron chi connectivity index (χ0n) is 22.8. The van der Waals surface area contributed by atoms with Gasteiger partial charge in [0.2, 0.25) is 8.32 Å². The maximum atomic E-state index is 13.9. The Morgan fingerprint density at radius 1 is 1.14 bits per heavy atom. The summed E-state index contributed by atoms with van der Waals surface area (Å²) >= 11 is 0. The molecule has 0 spiro atoms. The first-order chi connectivity index (χ1) is 16.9. The van der Waals surface area contributed by atoms with Crippen molar-refractivity contribution in [1.29, 1.82) is 0 Å². The maximum absolute atomic E-state index is 13.9. The predicted octanol–water partition coefficient (Wildman–Crippen LogP) is 5.79. The van der Waals surface area contributed by atoms with E-state index in [0.717, 1.165) is 46.1 Å². The number of hydrogen-bond acceptors (Lipinski definition) is 5. The SMILES string of the molecule is COc1ccnc([C@H](C)N2CCc3c(O[Si](C)(C)C(C)(C)C)cc(Cn4ccnc4C)cc3C2=O)c1. The van der Waals surface area contributed by atoms with Gasteiger partial charge in [-0.05, 0) is 62.2 Å². The van der Waals surface area contributed by atoms with Crippen molar-refractivity contribution in [3.8, 4) is 11.5 Å². The van der Waals surface area contributed by atoms with Crippen LogP contribution in [-0.4, -0.2) is 47.3 Å². The van der Waals surface area contributed by atoms with Crippen LogP contribution in [0, 0.1) is 6.92 Å². The van der Waals surface area contributed by atoms with E-state index < -0.39 is 8.32 Å². The molecule has 0 radical (unpaired) electrons. The first kappa shape index (κ1) is 25.9. The molecule has 0 saturated heterocycles. The molecule has 0 saturated carbocycles. The zero-order valence-corrected chi connectivity index (χ0v) is 23.8. The molecule has 0 N–H and O–H groups in total. The monoisotopic (exact) mass is 506 g/mol. The normalized spacial score (nSPS) is 15.0. The summed E-state index contributed by atoms with van der Waals surface area (Å²) in [5.41, 5.74) is 3.58. The Labute approximate surface area is 215 Å². The van der Waals surface area contributed by atoms with E-state index >= 15 is 0 Å². The highest BCUT2D eigenvalue weighted by Gasteiger charge is 2.40. The van der Waals surface area contributed by atoms with E-state index in [4.69, 9.17) is 9.16 Å². The molecule has 0 bridgehead atoms. The highest BCUT2D eigenvalue weighted by Crippen LogP contribution is 2.41. The van der Waals surface area contributed by atoms with Crippen LogP contribution in [0.25, 0.3) is 0 Å². The van der Waals surface area contributed by atoms with E-state index in [1.165, 1.54) is 0 Å². The predicted molar refractivity (Wildman–Crippen MR) is 144 cm³/mol. The van der Waals surface area contributed by atoms with Gasteiger partial charge in [0.15, 0.2) is 0 Å². The van der Waals surface area contributed by atoms with Gasteiger partial charge in [0.1, 0.15) is 17.3 Å². The van der Waals surface area contributed by atoms with Crippen LogP contribution in [0.3, 0.4) is 0 Å². The van der Waals surface area contributed by atoms with E-state index in [1.54, 1.807) is 19.5 Å². The number of amides is 1. The van der Waals surface area contributed by atoms with E-state index in [-0.39, 0.29) is 17.0 Å². The molecule has 0 unspecified atom stereocenters. The van der Waals surface area contributed by atoms with Gasteiger partial charge < -0.3 is 18.6 Å². The highest BCUT2D eigenvalue weighted by atomic mass is 28.4. The van der Waals surface area contributed by atoms with E-state index in [9.17, 15) is 4.79 Å². The smallest absolute Gasteiger partial charge is 0.254 e. The molecule has 4 rings (SSSR count). The van der Waals surface area contributed by atoms with Crippen molar-refractivity contribution in [3.63, 3.8) is 0 Å². The summed E-state index contributed by atoms with van der Waals surface area (Å²) in [7, 11) is -0.471. The lowest BCUT2D eigenvalue weighted by Gasteiger charge is -2.39. The van der Waals surface area contributed by atoms with Crippen LogP contribution in [0.5, 0.6) is 11.5 Å². The number of fused-ring (bicyclic) bond motifs is 1. The Balaban J connectivity index is 1.74. The Morgan fingerprint density at radius 3 is 2.53 bits per heavy atom. The number of nitrogens with zero attached hydrogens (tertiary/aromatic N) is 4. The Hall–Kier alpha value is -3.13. The van der Waals surface area contributed by atoms with Gasteiger partial charge in [-0.1, -0.05) is 20.8 Å². The van der Waals surface area contributed by atoms with Gasteiger partial charge in [-0.15, -0.1) is 0 Å². The summed E-state index contributed by atoms with van der Waals surface area (Å²) in [5.74, 6) is 2.54. The zero-order chi connectivity index (χ0) is 26.3. The number of aromatic nitrogens is 3. The molecule has 1 amide bonds. The summed E-state index contributed by atoms with van der Waals surface area (Å²) < 4.78 is 14.3. The van der Waals surface area contributed by atoms with Crippen LogP contribution >= 0.6 is 0 Å². The molecule has 0 fully saturated rings. The van der Waals surface area contributed by atoms with Crippen molar-refractivity contribution in [2.75, 3.05) is 13.7 Å². The largest absolute Gasteiger partial charge is 0.543 e. The van der Waals surface area contributed by atoms with Crippen molar-refractivity contribution in [1.82, 2.24) is 19.4 Å². The van der Waals surface area contributed by atoms with Crippen molar-refractivity contribution in [3.05, 3.63) is 71.1 Å². The highest BCUT2D eigenvalue weighted by molar-refractivity contribution is 6.74. The Morgan fingerprint density at radius 2 is 1.89 bits per heavy atom. The second-order valence-corrected chi connectivity index (χ2v) is 15.9. The minimum Gasteiger partial charge on any atom is -0.543 e. The molecule has 1 aliphatic heterocycles. The standard InChI is InChI=1S/C28H38N4O3Si/c1-19(25-17-22(34-6)9-11-30-25)32-13-10-23-24(27(32)33)15-21(18-31-14-12-29-20(31)2)16-26(23)35-36(7,8)28(3,4)5/h9,11-12,14-17,19H,10,13,18H2,1-8H3/t19-/m0/s1.